The van der Waals surface area contributed by atoms with Crippen molar-refractivity contribution in [3.8, 4) is 0 Å². The van der Waals surface area contributed by atoms with Crippen LogP contribution in [0.25, 0.3) is 0 Å². The van der Waals surface area contributed by atoms with Gasteiger partial charge in [-0.05, 0) is 26.8 Å². The molecular weight excluding hydrogens is 178 g/mol. The smallest absolute Gasteiger partial charge is 0.167 e. The second-order valence-electron chi connectivity index (χ2n) is 3.86. The van der Waals surface area contributed by atoms with Crippen molar-refractivity contribution < 1.29 is 0 Å². The molecule has 0 aromatic carbocycles. The maximum atomic E-state index is 4.30. The molecule has 1 aliphatic rings. The molecule has 14 heavy (non-hydrogen) atoms. The zero-order valence-corrected chi connectivity index (χ0v) is 8.67. The molecule has 0 saturated carbocycles. The van der Waals surface area contributed by atoms with Crippen LogP contribution in [0.15, 0.2) is 0 Å². The molecule has 0 radical (unpaired) electrons. The summed E-state index contributed by atoms with van der Waals surface area (Å²) in [6.45, 7) is 6.17. The van der Waals surface area contributed by atoms with Crippen LogP contribution in [0.3, 0.4) is 0 Å². The Kier molecular flexibility index (Phi) is 2.79. The number of hydrogen-bond donors (Lipinski definition) is 3. The molecule has 0 amide bonds. The maximum Gasteiger partial charge on any atom is 0.167 e. The van der Waals surface area contributed by atoms with Crippen molar-refractivity contribution in [1.82, 2.24) is 25.8 Å². The number of nitrogens with zero attached hydrogens (tertiary/aromatic N) is 2. The third kappa shape index (κ3) is 2.10. The van der Waals surface area contributed by atoms with Crippen LogP contribution in [-0.4, -0.2) is 34.3 Å². The Morgan fingerprint density at radius 1 is 1.57 bits per heavy atom. The number of rotatable bonds is 3. The molecule has 5 heteroatoms. The molecule has 0 spiro atoms. The van der Waals surface area contributed by atoms with E-state index in [9.17, 15) is 0 Å². The molecule has 2 atom stereocenters. The maximum absolute atomic E-state index is 4.30. The van der Waals surface area contributed by atoms with Gasteiger partial charge in [-0.2, -0.15) is 5.10 Å². The molecule has 1 aliphatic heterocycles. The third-order valence-electron chi connectivity index (χ3n) is 2.55. The van der Waals surface area contributed by atoms with E-state index in [1.165, 1.54) is 6.42 Å². The summed E-state index contributed by atoms with van der Waals surface area (Å²) in [5.41, 5.74) is 0. The minimum absolute atomic E-state index is 0.227. The van der Waals surface area contributed by atoms with Gasteiger partial charge < -0.3 is 10.6 Å². The normalized spacial score (nSPS) is 24.0. The highest BCUT2D eigenvalue weighted by atomic mass is 15.2. The second-order valence-corrected chi connectivity index (χ2v) is 3.86. The largest absolute Gasteiger partial charge is 0.315 e. The molecule has 2 unspecified atom stereocenters. The van der Waals surface area contributed by atoms with Gasteiger partial charge in [0.1, 0.15) is 5.82 Å². The van der Waals surface area contributed by atoms with E-state index in [2.05, 4.69) is 32.7 Å². The summed E-state index contributed by atoms with van der Waals surface area (Å²) < 4.78 is 0. The lowest BCUT2D eigenvalue weighted by Crippen LogP contribution is -2.33. The number of nitrogens with one attached hydrogen (secondary N) is 3. The predicted octanol–water partition coefficient (Wildman–Crippen LogP) is 0.126. The Balaban J connectivity index is 1.91. The Morgan fingerprint density at radius 2 is 2.43 bits per heavy atom. The van der Waals surface area contributed by atoms with Crippen molar-refractivity contribution in [3.63, 3.8) is 0 Å². The van der Waals surface area contributed by atoms with Crippen molar-refractivity contribution in [1.29, 1.82) is 0 Å². The highest BCUT2D eigenvalue weighted by molar-refractivity contribution is 4.95. The number of hydrogen-bond acceptors (Lipinski definition) is 4. The number of aryl methyl sites for hydroxylation is 1. The Morgan fingerprint density at radius 3 is 3.00 bits per heavy atom. The van der Waals surface area contributed by atoms with Crippen molar-refractivity contribution in [2.24, 2.45) is 0 Å². The molecule has 78 valence electrons. The van der Waals surface area contributed by atoms with Gasteiger partial charge in [0, 0.05) is 12.6 Å². The van der Waals surface area contributed by atoms with Crippen LogP contribution in [0.1, 0.15) is 31.0 Å². The van der Waals surface area contributed by atoms with E-state index in [0.29, 0.717) is 6.04 Å². The molecule has 2 heterocycles. The highest BCUT2D eigenvalue weighted by Gasteiger charge is 2.18. The molecule has 1 fully saturated rings. The fourth-order valence-electron chi connectivity index (χ4n) is 1.78. The summed E-state index contributed by atoms with van der Waals surface area (Å²) in [4.78, 5) is 4.30. The first-order valence-corrected chi connectivity index (χ1v) is 5.11. The van der Waals surface area contributed by atoms with Crippen molar-refractivity contribution in [3.05, 3.63) is 11.6 Å². The Hall–Kier alpha value is -0.940. The lowest BCUT2D eigenvalue weighted by Gasteiger charge is -2.15. The van der Waals surface area contributed by atoms with Crippen LogP contribution in [0.2, 0.25) is 0 Å². The summed E-state index contributed by atoms with van der Waals surface area (Å²) in [6, 6.07) is 0.786. The van der Waals surface area contributed by atoms with Crippen LogP contribution in [-0.2, 0) is 0 Å². The molecule has 0 bridgehead atoms. The molecule has 2 rings (SSSR count). The van der Waals surface area contributed by atoms with Gasteiger partial charge >= 0.3 is 0 Å². The van der Waals surface area contributed by atoms with Gasteiger partial charge in [0.15, 0.2) is 5.82 Å². The second kappa shape index (κ2) is 4.06. The van der Waals surface area contributed by atoms with Crippen molar-refractivity contribution >= 4 is 0 Å². The van der Waals surface area contributed by atoms with Gasteiger partial charge in [-0.1, -0.05) is 0 Å². The van der Waals surface area contributed by atoms with Gasteiger partial charge in [0.05, 0.1) is 6.04 Å². The Labute approximate surface area is 83.7 Å². The molecule has 0 aliphatic carbocycles. The molecule has 1 saturated heterocycles. The van der Waals surface area contributed by atoms with Crippen molar-refractivity contribution in [2.45, 2.75) is 32.4 Å². The van der Waals surface area contributed by atoms with Crippen LogP contribution in [0.5, 0.6) is 0 Å². The van der Waals surface area contributed by atoms with Crippen LogP contribution >= 0.6 is 0 Å². The first-order valence-electron chi connectivity index (χ1n) is 5.11. The molecular formula is C9H17N5. The van der Waals surface area contributed by atoms with E-state index in [0.717, 1.165) is 24.7 Å². The van der Waals surface area contributed by atoms with Gasteiger partial charge in [-0.15, -0.1) is 0 Å². The summed E-state index contributed by atoms with van der Waals surface area (Å²) in [5, 5.41) is 13.8. The average molecular weight is 195 g/mol. The van der Waals surface area contributed by atoms with E-state index in [1.54, 1.807) is 0 Å². The molecule has 1 aromatic heterocycles. The molecule has 3 N–H and O–H groups in total. The van der Waals surface area contributed by atoms with E-state index in [1.807, 2.05) is 6.92 Å². The lowest BCUT2D eigenvalue weighted by molar-refractivity contribution is 0.463. The fourth-order valence-corrected chi connectivity index (χ4v) is 1.78. The first-order chi connectivity index (χ1) is 6.75. The Bertz CT molecular complexity index is 289. The highest BCUT2D eigenvalue weighted by Crippen LogP contribution is 2.09. The molecule has 1 aromatic rings. The van der Waals surface area contributed by atoms with Crippen LogP contribution < -0.4 is 10.6 Å². The van der Waals surface area contributed by atoms with E-state index in [4.69, 9.17) is 0 Å². The predicted molar refractivity (Wildman–Crippen MR) is 53.9 cm³/mol. The van der Waals surface area contributed by atoms with E-state index < -0.39 is 0 Å². The number of aromatic amines is 1. The van der Waals surface area contributed by atoms with Gasteiger partial charge in [-0.3, -0.25) is 5.10 Å². The van der Waals surface area contributed by atoms with E-state index in [-0.39, 0.29) is 6.04 Å². The quantitative estimate of drug-likeness (QED) is 0.641. The number of aromatic nitrogens is 3. The SMILES string of the molecule is Cc1nc(C(C)NC2CCNC2)n[nH]1. The lowest BCUT2D eigenvalue weighted by atomic mass is 10.2. The van der Waals surface area contributed by atoms with E-state index >= 15 is 0 Å². The standard InChI is InChI=1S/C9H17N5/c1-6(9-12-7(2)13-14-9)11-8-3-4-10-5-8/h6,8,10-11H,3-5H2,1-2H3,(H,12,13,14). The van der Waals surface area contributed by atoms with Crippen molar-refractivity contribution in [2.75, 3.05) is 13.1 Å². The minimum atomic E-state index is 0.227. The van der Waals surface area contributed by atoms with Gasteiger partial charge in [0.25, 0.3) is 0 Å². The van der Waals surface area contributed by atoms with Gasteiger partial charge in [0.2, 0.25) is 0 Å². The molecule has 5 nitrogen and oxygen atoms in total. The topological polar surface area (TPSA) is 65.6 Å². The fraction of sp³-hybridized carbons (Fsp3) is 0.778. The summed E-state index contributed by atoms with van der Waals surface area (Å²) in [7, 11) is 0. The van der Waals surface area contributed by atoms with Crippen LogP contribution in [0, 0.1) is 6.92 Å². The minimum Gasteiger partial charge on any atom is -0.315 e. The van der Waals surface area contributed by atoms with Crippen LogP contribution in [0.4, 0.5) is 0 Å². The average Bonchev–Trinajstić information content (AvgIpc) is 2.75. The monoisotopic (exact) mass is 195 g/mol. The first kappa shape index (κ1) is 9.61. The van der Waals surface area contributed by atoms with Gasteiger partial charge in [-0.25, -0.2) is 4.98 Å². The third-order valence-corrected chi connectivity index (χ3v) is 2.55. The zero-order chi connectivity index (χ0) is 9.97. The zero-order valence-electron chi connectivity index (χ0n) is 8.67. The number of H-pyrrole nitrogens is 1. The summed E-state index contributed by atoms with van der Waals surface area (Å²) in [5.74, 6) is 1.73. The summed E-state index contributed by atoms with van der Waals surface area (Å²) >= 11 is 0. The summed E-state index contributed by atoms with van der Waals surface area (Å²) in [6.07, 6.45) is 1.19.